The molecule has 1 aromatic carbocycles. The molecular formula is C14H13BrClNO2. The Hall–Kier alpha value is -1.26. The molecule has 1 amide bonds. The second-order valence-electron chi connectivity index (χ2n) is 4.27. The van der Waals surface area contributed by atoms with Gasteiger partial charge < -0.3 is 9.32 Å². The lowest BCUT2D eigenvalue weighted by Gasteiger charge is -2.16. The van der Waals surface area contributed by atoms with E-state index >= 15 is 0 Å². The van der Waals surface area contributed by atoms with E-state index in [9.17, 15) is 4.79 Å². The van der Waals surface area contributed by atoms with Crippen molar-refractivity contribution in [2.45, 2.75) is 13.5 Å². The molecule has 3 nitrogen and oxygen atoms in total. The van der Waals surface area contributed by atoms with Crippen molar-refractivity contribution in [3.05, 3.63) is 56.9 Å². The predicted octanol–water partition coefficient (Wildman–Crippen LogP) is 4.28. The SMILES string of the molecule is Cc1ccc(CN(C)C(=O)c2cccc(Br)c2Cl)o1. The highest BCUT2D eigenvalue weighted by atomic mass is 79.9. The van der Waals surface area contributed by atoms with E-state index in [0.29, 0.717) is 21.6 Å². The number of rotatable bonds is 3. The van der Waals surface area contributed by atoms with Crippen molar-refractivity contribution in [2.24, 2.45) is 0 Å². The summed E-state index contributed by atoms with van der Waals surface area (Å²) < 4.78 is 6.17. The van der Waals surface area contributed by atoms with Gasteiger partial charge in [0.15, 0.2) is 0 Å². The van der Waals surface area contributed by atoms with E-state index in [1.54, 1.807) is 30.1 Å². The summed E-state index contributed by atoms with van der Waals surface area (Å²) in [5, 5.41) is 0.426. The van der Waals surface area contributed by atoms with Crippen molar-refractivity contribution in [3.63, 3.8) is 0 Å². The minimum absolute atomic E-state index is 0.139. The van der Waals surface area contributed by atoms with Crippen LogP contribution in [0.5, 0.6) is 0 Å². The molecule has 0 aliphatic carbocycles. The number of furan rings is 1. The molecule has 2 rings (SSSR count). The molecule has 0 fully saturated rings. The van der Waals surface area contributed by atoms with Gasteiger partial charge in [-0.2, -0.15) is 0 Å². The van der Waals surface area contributed by atoms with Crippen molar-refractivity contribution < 1.29 is 9.21 Å². The molecule has 5 heteroatoms. The highest BCUT2D eigenvalue weighted by Gasteiger charge is 2.17. The van der Waals surface area contributed by atoms with E-state index in [0.717, 1.165) is 11.5 Å². The lowest BCUT2D eigenvalue weighted by Crippen LogP contribution is -2.26. The summed E-state index contributed by atoms with van der Waals surface area (Å²) in [6, 6.07) is 9.03. The van der Waals surface area contributed by atoms with E-state index in [-0.39, 0.29) is 5.91 Å². The average molecular weight is 343 g/mol. The van der Waals surface area contributed by atoms with Crippen LogP contribution in [0.1, 0.15) is 21.9 Å². The molecule has 0 N–H and O–H groups in total. The van der Waals surface area contributed by atoms with Crippen molar-refractivity contribution in [1.82, 2.24) is 4.90 Å². The number of nitrogens with zero attached hydrogens (tertiary/aromatic N) is 1. The van der Waals surface area contributed by atoms with Crippen LogP contribution in [0.15, 0.2) is 39.2 Å². The van der Waals surface area contributed by atoms with Gasteiger partial charge in [0.2, 0.25) is 0 Å². The standard InChI is InChI=1S/C14H13BrClNO2/c1-9-6-7-10(19-9)8-17(2)14(18)11-4-3-5-12(15)13(11)16/h3-7H,8H2,1-2H3. The first-order valence-electron chi connectivity index (χ1n) is 5.74. The zero-order valence-electron chi connectivity index (χ0n) is 10.6. The van der Waals surface area contributed by atoms with Crippen molar-refractivity contribution in [1.29, 1.82) is 0 Å². The van der Waals surface area contributed by atoms with E-state index in [2.05, 4.69) is 15.9 Å². The fourth-order valence-electron chi connectivity index (χ4n) is 1.75. The molecule has 0 radical (unpaired) electrons. The van der Waals surface area contributed by atoms with Crippen LogP contribution in [0, 0.1) is 6.92 Å². The maximum absolute atomic E-state index is 12.3. The largest absolute Gasteiger partial charge is 0.464 e. The Morgan fingerprint density at radius 3 is 2.74 bits per heavy atom. The van der Waals surface area contributed by atoms with E-state index in [1.165, 1.54) is 0 Å². The van der Waals surface area contributed by atoms with Crippen LogP contribution in [0.25, 0.3) is 0 Å². The third kappa shape index (κ3) is 3.19. The van der Waals surface area contributed by atoms with Crippen LogP contribution >= 0.6 is 27.5 Å². The van der Waals surface area contributed by atoms with Crippen molar-refractivity contribution in [3.8, 4) is 0 Å². The molecule has 0 aliphatic heterocycles. The molecule has 0 bridgehead atoms. The summed E-state index contributed by atoms with van der Waals surface area (Å²) in [5.41, 5.74) is 0.474. The second kappa shape index (κ2) is 5.80. The molecule has 0 unspecified atom stereocenters. The third-order valence-electron chi connectivity index (χ3n) is 2.72. The molecule has 2 aromatic rings. The molecule has 0 spiro atoms. The molecule has 1 aromatic heterocycles. The summed E-state index contributed by atoms with van der Waals surface area (Å²) in [7, 11) is 1.72. The maximum atomic E-state index is 12.3. The lowest BCUT2D eigenvalue weighted by atomic mass is 10.2. The molecule has 100 valence electrons. The topological polar surface area (TPSA) is 33.5 Å². The summed E-state index contributed by atoms with van der Waals surface area (Å²) in [5.74, 6) is 1.44. The fraction of sp³-hybridized carbons (Fsp3) is 0.214. The predicted molar refractivity (Wildman–Crippen MR) is 78.4 cm³/mol. The van der Waals surface area contributed by atoms with Gasteiger partial charge in [-0.05, 0) is 47.1 Å². The van der Waals surface area contributed by atoms with Gasteiger partial charge >= 0.3 is 0 Å². The van der Waals surface area contributed by atoms with Gasteiger partial charge in [0.05, 0.1) is 17.1 Å². The number of carbonyl (C=O) groups is 1. The third-order valence-corrected chi connectivity index (χ3v) is 4.01. The first-order valence-corrected chi connectivity index (χ1v) is 6.91. The van der Waals surface area contributed by atoms with Gasteiger partial charge in [-0.15, -0.1) is 0 Å². The van der Waals surface area contributed by atoms with E-state index in [1.807, 2.05) is 19.1 Å². The number of aryl methyl sites for hydroxylation is 1. The fourth-order valence-corrected chi connectivity index (χ4v) is 2.32. The maximum Gasteiger partial charge on any atom is 0.255 e. The zero-order chi connectivity index (χ0) is 14.0. The monoisotopic (exact) mass is 341 g/mol. The average Bonchev–Trinajstić information content (AvgIpc) is 2.77. The highest BCUT2D eigenvalue weighted by Crippen LogP contribution is 2.27. The molecule has 0 saturated carbocycles. The van der Waals surface area contributed by atoms with Gasteiger partial charge in [-0.1, -0.05) is 17.7 Å². The Morgan fingerprint density at radius 1 is 1.37 bits per heavy atom. The normalized spacial score (nSPS) is 10.5. The molecule has 0 saturated heterocycles. The van der Waals surface area contributed by atoms with Crippen LogP contribution in [-0.2, 0) is 6.54 Å². The smallest absolute Gasteiger partial charge is 0.255 e. The Kier molecular flexibility index (Phi) is 4.32. The quantitative estimate of drug-likeness (QED) is 0.834. The first-order chi connectivity index (χ1) is 8.99. The minimum atomic E-state index is -0.139. The van der Waals surface area contributed by atoms with Crippen LogP contribution < -0.4 is 0 Å². The van der Waals surface area contributed by atoms with Gasteiger partial charge in [0, 0.05) is 11.5 Å². The lowest BCUT2D eigenvalue weighted by molar-refractivity contribution is 0.0775. The Morgan fingerprint density at radius 2 is 2.11 bits per heavy atom. The number of halogens is 2. The minimum Gasteiger partial charge on any atom is -0.464 e. The Labute approximate surface area is 125 Å². The molecular weight excluding hydrogens is 330 g/mol. The van der Waals surface area contributed by atoms with Gasteiger partial charge in [0.25, 0.3) is 5.91 Å². The van der Waals surface area contributed by atoms with E-state index in [4.69, 9.17) is 16.0 Å². The van der Waals surface area contributed by atoms with Crippen molar-refractivity contribution >= 4 is 33.4 Å². The molecule has 0 atom stereocenters. The number of amides is 1. The number of hydrogen-bond donors (Lipinski definition) is 0. The van der Waals surface area contributed by atoms with Crippen molar-refractivity contribution in [2.75, 3.05) is 7.05 Å². The summed E-state index contributed by atoms with van der Waals surface area (Å²) >= 11 is 9.43. The number of hydrogen-bond acceptors (Lipinski definition) is 2. The van der Waals surface area contributed by atoms with Gasteiger partial charge in [-0.25, -0.2) is 0 Å². The molecule has 0 aliphatic rings. The summed E-state index contributed by atoms with van der Waals surface area (Å²) in [4.78, 5) is 13.9. The van der Waals surface area contributed by atoms with Gasteiger partial charge in [-0.3, -0.25) is 4.79 Å². The summed E-state index contributed by atoms with van der Waals surface area (Å²) in [6.45, 7) is 2.28. The van der Waals surface area contributed by atoms with E-state index < -0.39 is 0 Å². The first kappa shape index (κ1) is 14.2. The highest BCUT2D eigenvalue weighted by molar-refractivity contribution is 9.10. The van der Waals surface area contributed by atoms with Gasteiger partial charge in [0.1, 0.15) is 11.5 Å². The Balaban J connectivity index is 2.17. The molecule has 19 heavy (non-hydrogen) atoms. The number of benzene rings is 1. The molecule has 1 heterocycles. The number of carbonyl (C=O) groups excluding carboxylic acids is 1. The second-order valence-corrected chi connectivity index (χ2v) is 5.51. The Bertz CT molecular complexity index is 609. The summed E-state index contributed by atoms with van der Waals surface area (Å²) in [6.07, 6.45) is 0. The van der Waals surface area contributed by atoms with Crippen LogP contribution in [0.4, 0.5) is 0 Å². The van der Waals surface area contributed by atoms with Crippen LogP contribution in [0.3, 0.4) is 0 Å². The van der Waals surface area contributed by atoms with Crippen LogP contribution in [0.2, 0.25) is 5.02 Å². The zero-order valence-corrected chi connectivity index (χ0v) is 13.0. The van der Waals surface area contributed by atoms with Crippen LogP contribution in [-0.4, -0.2) is 17.9 Å².